The second-order valence-electron chi connectivity index (χ2n) is 8.88. The molecule has 1 aromatic heterocycles. The zero-order valence-corrected chi connectivity index (χ0v) is 16.3. The molecule has 136 valence electrons. The average molecular weight is 350 g/mol. The van der Waals surface area contributed by atoms with Crippen molar-refractivity contribution in [2.24, 2.45) is 0 Å². The largest absolute Gasteiger partial charge is 0.507 e. The van der Waals surface area contributed by atoms with E-state index in [1.54, 1.807) is 6.20 Å². The summed E-state index contributed by atoms with van der Waals surface area (Å²) >= 11 is 0. The summed E-state index contributed by atoms with van der Waals surface area (Å²) in [5, 5.41) is 13.6. The van der Waals surface area contributed by atoms with E-state index in [0.29, 0.717) is 17.1 Å². The minimum absolute atomic E-state index is 0.151. The zero-order chi connectivity index (χ0) is 19.3. The zero-order valence-electron chi connectivity index (χ0n) is 16.3. The van der Waals surface area contributed by atoms with Crippen LogP contribution in [0.15, 0.2) is 30.5 Å². The molecule has 26 heavy (non-hydrogen) atoms. The molecule has 4 nitrogen and oxygen atoms in total. The standard InChI is InChI=1S/C22H26N2O2/c1-21(2,3)16-11-13(12-17(18(16)25)22(4,5)6)10-15-14-8-7-9-23-19(14)24-20(15)26/h7-12,25H,1-6H3,(H,23,24,26). The van der Waals surface area contributed by atoms with Gasteiger partial charge in [-0.3, -0.25) is 4.79 Å². The van der Waals surface area contributed by atoms with Crippen molar-refractivity contribution >= 4 is 23.4 Å². The minimum atomic E-state index is -0.212. The maximum atomic E-state index is 12.4. The van der Waals surface area contributed by atoms with E-state index in [1.807, 2.05) is 30.3 Å². The summed E-state index contributed by atoms with van der Waals surface area (Å²) in [4.78, 5) is 16.6. The summed E-state index contributed by atoms with van der Waals surface area (Å²) in [7, 11) is 0. The number of nitrogens with zero attached hydrogens (tertiary/aromatic N) is 1. The highest BCUT2D eigenvalue weighted by molar-refractivity contribution is 6.34. The molecule has 1 aliphatic rings. The molecule has 0 unspecified atom stereocenters. The average Bonchev–Trinajstić information content (AvgIpc) is 2.82. The van der Waals surface area contributed by atoms with Gasteiger partial charge >= 0.3 is 0 Å². The van der Waals surface area contributed by atoms with Gasteiger partial charge in [0.1, 0.15) is 11.6 Å². The molecule has 0 radical (unpaired) electrons. The number of rotatable bonds is 1. The molecule has 0 bridgehead atoms. The van der Waals surface area contributed by atoms with E-state index < -0.39 is 0 Å². The number of carbonyl (C=O) groups is 1. The molecule has 1 aliphatic heterocycles. The number of hydrogen-bond acceptors (Lipinski definition) is 3. The molecule has 3 rings (SSSR count). The number of nitrogens with one attached hydrogen (secondary N) is 1. The Kier molecular flexibility index (Phi) is 4.18. The molecule has 4 heteroatoms. The Morgan fingerprint density at radius 2 is 1.62 bits per heavy atom. The van der Waals surface area contributed by atoms with Crippen LogP contribution >= 0.6 is 0 Å². The van der Waals surface area contributed by atoms with Crippen molar-refractivity contribution in [2.45, 2.75) is 52.4 Å². The first-order chi connectivity index (χ1) is 12.0. The van der Waals surface area contributed by atoms with Gasteiger partial charge in [0, 0.05) is 22.9 Å². The Morgan fingerprint density at radius 3 is 2.15 bits per heavy atom. The Balaban J connectivity index is 2.22. The molecule has 0 aliphatic carbocycles. The maximum Gasteiger partial charge on any atom is 0.257 e. The lowest BCUT2D eigenvalue weighted by atomic mass is 9.78. The van der Waals surface area contributed by atoms with Gasteiger partial charge < -0.3 is 10.4 Å². The fourth-order valence-electron chi connectivity index (χ4n) is 3.21. The SMILES string of the molecule is CC(C)(C)c1cc(C=C2C(=O)Nc3ncccc32)cc(C(C)(C)C)c1O. The van der Waals surface area contributed by atoms with Gasteiger partial charge in [0.05, 0.1) is 5.57 Å². The lowest BCUT2D eigenvalue weighted by molar-refractivity contribution is -0.110. The van der Waals surface area contributed by atoms with E-state index in [0.717, 1.165) is 22.3 Å². The van der Waals surface area contributed by atoms with E-state index in [9.17, 15) is 9.90 Å². The van der Waals surface area contributed by atoms with Crippen LogP contribution in [-0.2, 0) is 15.6 Å². The van der Waals surface area contributed by atoms with Crippen LogP contribution in [0.4, 0.5) is 5.82 Å². The molecule has 2 N–H and O–H groups in total. The predicted molar refractivity (Wildman–Crippen MR) is 106 cm³/mol. The quantitative estimate of drug-likeness (QED) is 0.721. The highest BCUT2D eigenvalue weighted by Gasteiger charge is 2.28. The summed E-state index contributed by atoms with van der Waals surface area (Å²) in [5.41, 5.74) is 3.63. The van der Waals surface area contributed by atoms with Crippen molar-refractivity contribution in [3.8, 4) is 5.75 Å². The number of pyridine rings is 1. The van der Waals surface area contributed by atoms with Gasteiger partial charge in [0.25, 0.3) is 5.91 Å². The predicted octanol–water partition coefficient (Wildman–Crippen LogP) is 4.87. The van der Waals surface area contributed by atoms with Crippen molar-refractivity contribution in [1.82, 2.24) is 4.98 Å². The van der Waals surface area contributed by atoms with Crippen LogP contribution in [0.25, 0.3) is 11.6 Å². The fourth-order valence-corrected chi connectivity index (χ4v) is 3.21. The van der Waals surface area contributed by atoms with Gasteiger partial charge in [-0.15, -0.1) is 0 Å². The van der Waals surface area contributed by atoms with Crippen LogP contribution in [0.5, 0.6) is 5.75 Å². The van der Waals surface area contributed by atoms with Crippen LogP contribution < -0.4 is 5.32 Å². The van der Waals surface area contributed by atoms with Crippen molar-refractivity contribution in [3.05, 3.63) is 52.7 Å². The summed E-state index contributed by atoms with van der Waals surface area (Å²) < 4.78 is 0. The number of benzene rings is 1. The van der Waals surface area contributed by atoms with E-state index in [-0.39, 0.29) is 16.7 Å². The molecule has 0 atom stereocenters. The molecule has 0 saturated heterocycles. The van der Waals surface area contributed by atoms with Crippen molar-refractivity contribution in [2.75, 3.05) is 5.32 Å². The molecular weight excluding hydrogens is 324 g/mol. The van der Waals surface area contributed by atoms with Gasteiger partial charge in [0.2, 0.25) is 0 Å². The first kappa shape index (κ1) is 18.2. The molecule has 0 spiro atoms. The minimum Gasteiger partial charge on any atom is -0.507 e. The third kappa shape index (κ3) is 3.24. The van der Waals surface area contributed by atoms with Crippen LogP contribution in [0, 0.1) is 0 Å². The van der Waals surface area contributed by atoms with Crippen LogP contribution in [-0.4, -0.2) is 16.0 Å². The number of hydrogen-bond donors (Lipinski definition) is 2. The highest BCUT2D eigenvalue weighted by Crippen LogP contribution is 2.41. The van der Waals surface area contributed by atoms with Crippen LogP contribution in [0.3, 0.4) is 0 Å². The van der Waals surface area contributed by atoms with Crippen LogP contribution in [0.2, 0.25) is 0 Å². The van der Waals surface area contributed by atoms with Gasteiger partial charge in [-0.1, -0.05) is 41.5 Å². The van der Waals surface area contributed by atoms with Gasteiger partial charge in [-0.05, 0) is 46.7 Å². The number of amides is 1. The van der Waals surface area contributed by atoms with Gasteiger partial charge in [0.15, 0.2) is 0 Å². The summed E-state index contributed by atoms with van der Waals surface area (Å²) in [6, 6.07) is 7.66. The van der Waals surface area contributed by atoms with Gasteiger partial charge in [-0.25, -0.2) is 4.98 Å². The summed E-state index contributed by atoms with van der Waals surface area (Å²) in [6.07, 6.45) is 3.55. The van der Waals surface area contributed by atoms with Gasteiger partial charge in [-0.2, -0.15) is 0 Å². The number of anilines is 1. The molecule has 1 amide bonds. The Labute approximate surface area is 155 Å². The topological polar surface area (TPSA) is 62.2 Å². The normalized spacial score (nSPS) is 15.9. The molecule has 2 aromatic rings. The Morgan fingerprint density at radius 1 is 1.04 bits per heavy atom. The first-order valence-electron chi connectivity index (χ1n) is 8.85. The number of phenols is 1. The van der Waals surface area contributed by atoms with Crippen molar-refractivity contribution < 1.29 is 9.90 Å². The maximum absolute atomic E-state index is 12.4. The number of phenolic OH excluding ortho intramolecular Hbond substituents is 1. The summed E-state index contributed by atoms with van der Waals surface area (Å²) in [5.74, 6) is 0.779. The third-order valence-electron chi connectivity index (χ3n) is 4.63. The van der Waals surface area contributed by atoms with Crippen molar-refractivity contribution in [3.63, 3.8) is 0 Å². The fraction of sp³-hybridized carbons (Fsp3) is 0.364. The second kappa shape index (κ2) is 5.97. The molecule has 0 fully saturated rings. The number of carbonyl (C=O) groups excluding carboxylic acids is 1. The van der Waals surface area contributed by atoms with E-state index in [1.165, 1.54) is 0 Å². The first-order valence-corrected chi connectivity index (χ1v) is 8.85. The molecular formula is C22H26N2O2. The highest BCUT2D eigenvalue weighted by atomic mass is 16.3. The smallest absolute Gasteiger partial charge is 0.257 e. The Bertz CT molecular complexity index is 877. The molecule has 2 heterocycles. The Hall–Kier alpha value is -2.62. The monoisotopic (exact) mass is 350 g/mol. The lowest BCUT2D eigenvalue weighted by Crippen LogP contribution is -2.17. The van der Waals surface area contributed by atoms with Crippen LogP contribution in [0.1, 0.15) is 63.8 Å². The number of aromatic nitrogens is 1. The van der Waals surface area contributed by atoms with Crippen molar-refractivity contribution in [1.29, 1.82) is 0 Å². The van der Waals surface area contributed by atoms with E-state index >= 15 is 0 Å². The third-order valence-corrected chi connectivity index (χ3v) is 4.63. The lowest BCUT2D eigenvalue weighted by Gasteiger charge is -2.28. The molecule has 0 saturated carbocycles. The number of fused-ring (bicyclic) bond motifs is 1. The van der Waals surface area contributed by atoms with E-state index in [4.69, 9.17) is 0 Å². The summed E-state index contributed by atoms with van der Waals surface area (Å²) in [6.45, 7) is 12.5. The second-order valence-corrected chi connectivity index (χ2v) is 8.88. The molecule has 1 aromatic carbocycles. The van der Waals surface area contributed by atoms with E-state index in [2.05, 4.69) is 51.8 Å². The number of aromatic hydroxyl groups is 1.